The van der Waals surface area contributed by atoms with E-state index < -0.39 is 0 Å². The maximum atomic E-state index is 5.54. The van der Waals surface area contributed by atoms with Gasteiger partial charge in [0.25, 0.3) is 0 Å². The molecule has 0 amide bonds. The minimum absolute atomic E-state index is 0.466. The molecule has 1 aliphatic heterocycles. The van der Waals surface area contributed by atoms with Gasteiger partial charge in [0, 0.05) is 38.9 Å². The lowest BCUT2D eigenvalue weighted by Gasteiger charge is -2.28. The first-order valence-corrected chi connectivity index (χ1v) is 6.32. The van der Waals surface area contributed by atoms with E-state index in [2.05, 4.69) is 25.1 Å². The second-order valence-electron chi connectivity index (χ2n) is 4.59. The molecule has 6 heteroatoms. The van der Waals surface area contributed by atoms with Crippen LogP contribution in [0.25, 0.3) is 0 Å². The Balaban J connectivity index is 1.91. The van der Waals surface area contributed by atoms with Crippen LogP contribution in [-0.2, 0) is 0 Å². The lowest BCUT2D eigenvalue weighted by atomic mass is 10.3. The summed E-state index contributed by atoms with van der Waals surface area (Å²) < 4.78 is 5.54. The van der Waals surface area contributed by atoms with Gasteiger partial charge in [0.2, 0.25) is 0 Å². The fraction of sp³-hybridized carbons (Fsp3) is 0.667. The summed E-state index contributed by atoms with van der Waals surface area (Å²) in [5.41, 5.74) is 0. The Labute approximate surface area is 108 Å². The first kappa shape index (κ1) is 13.0. The predicted molar refractivity (Wildman–Crippen MR) is 71.2 cm³/mol. The van der Waals surface area contributed by atoms with Gasteiger partial charge in [-0.2, -0.15) is 4.98 Å². The second-order valence-corrected chi connectivity index (χ2v) is 4.59. The zero-order chi connectivity index (χ0) is 12.8. The van der Waals surface area contributed by atoms with Gasteiger partial charge in [-0.3, -0.25) is 0 Å². The van der Waals surface area contributed by atoms with Crippen molar-refractivity contribution in [3.8, 4) is 6.01 Å². The monoisotopic (exact) mass is 251 g/mol. The molecule has 0 unspecified atom stereocenters. The number of piperazine rings is 1. The molecule has 1 aromatic heterocycles. The number of rotatable bonds is 5. The van der Waals surface area contributed by atoms with Crippen molar-refractivity contribution >= 4 is 5.82 Å². The molecule has 1 aromatic rings. The van der Waals surface area contributed by atoms with Gasteiger partial charge in [0.15, 0.2) is 0 Å². The van der Waals surface area contributed by atoms with Gasteiger partial charge in [0.05, 0.1) is 0 Å². The topological polar surface area (TPSA) is 53.5 Å². The molecule has 0 bridgehead atoms. The molecule has 1 aliphatic rings. The molecule has 0 aliphatic carbocycles. The van der Waals surface area contributed by atoms with Crippen molar-refractivity contribution in [2.75, 3.05) is 58.3 Å². The number of likely N-dealkylation sites (N-methyl/N-ethyl adjacent to an activating group) is 1. The van der Waals surface area contributed by atoms with E-state index in [0.29, 0.717) is 12.6 Å². The Morgan fingerprint density at radius 1 is 1.39 bits per heavy atom. The zero-order valence-corrected chi connectivity index (χ0v) is 11.1. The number of aromatic nitrogens is 2. The Kier molecular flexibility index (Phi) is 4.72. The van der Waals surface area contributed by atoms with E-state index in [1.54, 1.807) is 6.20 Å². The van der Waals surface area contributed by atoms with Crippen molar-refractivity contribution in [1.29, 1.82) is 0 Å². The molecule has 0 radical (unpaired) electrons. The van der Waals surface area contributed by atoms with Crippen LogP contribution in [-0.4, -0.2) is 68.3 Å². The van der Waals surface area contributed by atoms with E-state index in [1.165, 1.54) is 0 Å². The van der Waals surface area contributed by atoms with Crippen LogP contribution >= 0.6 is 0 Å². The summed E-state index contributed by atoms with van der Waals surface area (Å²) in [6.07, 6.45) is 1.76. The van der Waals surface area contributed by atoms with E-state index >= 15 is 0 Å². The van der Waals surface area contributed by atoms with Crippen LogP contribution in [0.1, 0.15) is 0 Å². The molecular weight excluding hydrogens is 230 g/mol. The van der Waals surface area contributed by atoms with Gasteiger partial charge in [-0.05, 0) is 20.2 Å². The molecule has 1 N–H and O–H groups in total. The molecule has 100 valence electrons. The lowest BCUT2D eigenvalue weighted by Crippen LogP contribution is -2.43. The average Bonchev–Trinajstić information content (AvgIpc) is 2.40. The summed E-state index contributed by atoms with van der Waals surface area (Å²) >= 11 is 0. The number of hydrogen-bond donors (Lipinski definition) is 1. The molecule has 0 saturated carbocycles. The van der Waals surface area contributed by atoms with Crippen molar-refractivity contribution < 1.29 is 4.74 Å². The summed E-state index contributed by atoms with van der Waals surface area (Å²) in [4.78, 5) is 12.9. The Bertz CT molecular complexity index is 365. The highest BCUT2D eigenvalue weighted by atomic mass is 16.5. The van der Waals surface area contributed by atoms with Crippen LogP contribution in [0.4, 0.5) is 5.82 Å². The third-order valence-corrected chi connectivity index (χ3v) is 2.83. The summed E-state index contributed by atoms with van der Waals surface area (Å²) in [7, 11) is 4.03. The highest BCUT2D eigenvalue weighted by Gasteiger charge is 2.12. The third-order valence-electron chi connectivity index (χ3n) is 2.83. The molecular formula is C12H21N5O. The van der Waals surface area contributed by atoms with Crippen molar-refractivity contribution in [3.05, 3.63) is 12.3 Å². The van der Waals surface area contributed by atoms with Gasteiger partial charge >= 0.3 is 6.01 Å². The molecule has 0 spiro atoms. The van der Waals surface area contributed by atoms with Gasteiger partial charge in [0.1, 0.15) is 12.4 Å². The SMILES string of the molecule is CN(C)CCOc1nccc(N2CCNCC2)n1. The van der Waals surface area contributed by atoms with Crippen molar-refractivity contribution in [3.63, 3.8) is 0 Å². The molecule has 0 atom stereocenters. The van der Waals surface area contributed by atoms with E-state index in [1.807, 2.05) is 20.2 Å². The molecule has 6 nitrogen and oxygen atoms in total. The number of nitrogens with one attached hydrogen (secondary N) is 1. The van der Waals surface area contributed by atoms with Crippen LogP contribution in [0.5, 0.6) is 6.01 Å². The minimum Gasteiger partial charge on any atom is -0.462 e. The Morgan fingerprint density at radius 2 is 2.17 bits per heavy atom. The highest BCUT2D eigenvalue weighted by Crippen LogP contribution is 2.13. The average molecular weight is 251 g/mol. The standard InChI is InChI=1S/C12H21N5O/c1-16(2)9-10-18-12-14-4-3-11(15-12)17-7-5-13-6-8-17/h3-4,13H,5-10H2,1-2H3. The van der Waals surface area contributed by atoms with Crippen LogP contribution in [0.2, 0.25) is 0 Å². The van der Waals surface area contributed by atoms with E-state index in [4.69, 9.17) is 4.74 Å². The first-order valence-electron chi connectivity index (χ1n) is 6.32. The third kappa shape index (κ3) is 3.82. The molecule has 1 fully saturated rings. The van der Waals surface area contributed by atoms with Crippen LogP contribution in [0.3, 0.4) is 0 Å². The number of anilines is 1. The van der Waals surface area contributed by atoms with E-state index in [9.17, 15) is 0 Å². The maximum Gasteiger partial charge on any atom is 0.318 e. The van der Waals surface area contributed by atoms with E-state index in [-0.39, 0.29) is 0 Å². The first-order chi connectivity index (χ1) is 8.75. The highest BCUT2D eigenvalue weighted by molar-refractivity contribution is 5.38. The fourth-order valence-corrected chi connectivity index (χ4v) is 1.79. The molecule has 18 heavy (non-hydrogen) atoms. The number of hydrogen-bond acceptors (Lipinski definition) is 6. The largest absolute Gasteiger partial charge is 0.462 e. The Morgan fingerprint density at radius 3 is 2.89 bits per heavy atom. The molecule has 1 saturated heterocycles. The van der Waals surface area contributed by atoms with Crippen LogP contribution in [0, 0.1) is 0 Å². The van der Waals surface area contributed by atoms with E-state index in [0.717, 1.165) is 38.5 Å². The Hall–Kier alpha value is -1.40. The summed E-state index contributed by atoms with van der Waals surface area (Å²) in [6, 6.07) is 2.40. The quantitative estimate of drug-likeness (QED) is 0.784. The molecule has 2 heterocycles. The zero-order valence-electron chi connectivity index (χ0n) is 11.1. The maximum absolute atomic E-state index is 5.54. The summed E-state index contributed by atoms with van der Waals surface area (Å²) in [5.74, 6) is 0.950. The van der Waals surface area contributed by atoms with Gasteiger partial charge < -0.3 is 19.9 Å². The second kappa shape index (κ2) is 6.51. The van der Waals surface area contributed by atoms with Crippen molar-refractivity contribution in [2.45, 2.75) is 0 Å². The fourth-order valence-electron chi connectivity index (χ4n) is 1.79. The van der Waals surface area contributed by atoms with Gasteiger partial charge in [-0.15, -0.1) is 0 Å². The minimum atomic E-state index is 0.466. The smallest absolute Gasteiger partial charge is 0.318 e. The van der Waals surface area contributed by atoms with Crippen molar-refractivity contribution in [1.82, 2.24) is 20.2 Å². The lowest BCUT2D eigenvalue weighted by molar-refractivity contribution is 0.245. The van der Waals surface area contributed by atoms with Crippen LogP contribution in [0.15, 0.2) is 12.3 Å². The predicted octanol–water partition coefficient (Wildman–Crippen LogP) is -0.173. The molecule has 0 aromatic carbocycles. The molecule has 2 rings (SSSR count). The van der Waals surface area contributed by atoms with Crippen molar-refractivity contribution in [2.24, 2.45) is 0 Å². The normalized spacial score (nSPS) is 16.1. The van der Waals surface area contributed by atoms with Gasteiger partial charge in [-0.1, -0.05) is 0 Å². The number of ether oxygens (including phenoxy) is 1. The number of nitrogens with zero attached hydrogens (tertiary/aromatic N) is 4. The van der Waals surface area contributed by atoms with Crippen LogP contribution < -0.4 is 15.0 Å². The summed E-state index contributed by atoms with van der Waals surface area (Å²) in [6.45, 7) is 5.43. The van der Waals surface area contributed by atoms with Gasteiger partial charge in [-0.25, -0.2) is 4.98 Å². The summed E-state index contributed by atoms with van der Waals surface area (Å²) in [5, 5.41) is 3.32.